The predicted molar refractivity (Wildman–Crippen MR) is 275 cm³/mol. The molecule has 0 saturated carbocycles. The molecule has 18 nitrogen and oxygen atoms in total. The minimum atomic E-state index is -0.983. The van der Waals surface area contributed by atoms with Gasteiger partial charge in [-0.25, -0.2) is 19.9 Å². The maximum absolute atomic E-state index is 13.9. The SMILES string of the molecule is CC.CC.COc1cc(F)c([N+](=O)[O-])cc1Nc1nccc(-c2cn(C)c3ccccc23)n1.COc1cc(N2CCCC(N(C)C)C2)c([N+](=O)[O-])cc1Nc1nccc(-c2cn(C)c3ccccc23)n1. The Morgan fingerprint density at radius 1 is 0.700 bits per heavy atom. The molecule has 1 aliphatic rings. The Morgan fingerprint density at radius 3 is 1.64 bits per heavy atom. The zero-order valence-corrected chi connectivity index (χ0v) is 41.1. The van der Waals surface area contributed by atoms with Gasteiger partial charge in [0.05, 0.1) is 46.8 Å². The van der Waals surface area contributed by atoms with Crippen molar-refractivity contribution in [3.8, 4) is 34.0 Å². The van der Waals surface area contributed by atoms with Crippen molar-refractivity contribution in [1.29, 1.82) is 0 Å². The topological polar surface area (TPSA) is 197 Å². The van der Waals surface area contributed by atoms with Crippen LogP contribution in [0.15, 0.2) is 110 Å². The van der Waals surface area contributed by atoms with E-state index in [2.05, 4.69) is 52.1 Å². The van der Waals surface area contributed by atoms with Crippen molar-refractivity contribution >= 4 is 62.1 Å². The number of para-hydroxylation sites is 2. The zero-order chi connectivity index (χ0) is 50.6. The molecule has 0 bridgehead atoms. The van der Waals surface area contributed by atoms with Crippen molar-refractivity contribution in [1.82, 2.24) is 34.0 Å². The van der Waals surface area contributed by atoms with Gasteiger partial charge in [0.15, 0.2) is 0 Å². The number of nitro groups is 2. The molecule has 1 unspecified atom stereocenters. The van der Waals surface area contributed by atoms with E-state index in [0.29, 0.717) is 34.8 Å². The Hall–Kier alpha value is -8.19. The lowest BCUT2D eigenvalue weighted by Crippen LogP contribution is -2.45. The molecule has 2 N–H and O–H groups in total. The molecular formula is C51H59FN12O6. The number of aryl methyl sites for hydroxylation is 2. The first-order valence-electron chi connectivity index (χ1n) is 22.9. The van der Waals surface area contributed by atoms with E-state index in [9.17, 15) is 24.6 Å². The van der Waals surface area contributed by atoms with Gasteiger partial charge in [-0.15, -0.1) is 0 Å². The smallest absolute Gasteiger partial charge is 0.307 e. The van der Waals surface area contributed by atoms with Gasteiger partial charge in [0.25, 0.3) is 5.69 Å². The molecule has 0 aliphatic carbocycles. The van der Waals surface area contributed by atoms with E-state index in [1.165, 1.54) is 13.2 Å². The van der Waals surface area contributed by atoms with E-state index < -0.39 is 16.4 Å². The fourth-order valence-electron chi connectivity index (χ4n) is 8.24. The molecule has 1 atom stereocenters. The van der Waals surface area contributed by atoms with Crippen molar-refractivity contribution < 1.29 is 23.7 Å². The number of benzene rings is 4. The average Bonchev–Trinajstić information content (AvgIpc) is 3.91. The quantitative estimate of drug-likeness (QED) is 0.0866. The lowest BCUT2D eigenvalue weighted by Gasteiger charge is -2.37. The number of methoxy groups -OCH3 is 2. The first-order valence-corrected chi connectivity index (χ1v) is 22.9. The molecule has 1 aliphatic heterocycles. The third-order valence-corrected chi connectivity index (χ3v) is 11.6. The highest BCUT2D eigenvalue weighted by Gasteiger charge is 2.29. The second-order valence-corrected chi connectivity index (χ2v) is 15.9. The summed E-state index contributed by atoms with van der Waals surface area (Å²) in [6.45, 7) is 9.48. The number of piperidine rings is 1. The molecule has 5 heterocycles. The van der Waals surface area contributed by atoms with Gasteiger partial charge in [-0.05, 0) is 51.2 Å². The van der Waals surface area contributed by atoms with Crippen molar-refractivity contribution in [2.45, 2.75) is 46.6 Å². The van der Waals surface area contributed by atoms with Crippen molar-refractivity contribution in [3.63, 3.8) is 0 Å². The van der Waals surface area contributed by atoms with Crippen LogP contribution in [0.25, 0.3) is 44.3 Å². The lowest BCUT2D eigenvalue weighted by molar-refractivity contribution is -0.387. The van der Waals surface area contributed by atoms with Gasteiger partial charge in [-0.2, -0.15) is 4.39 Å². The summed E-state index contributed by atoms with van der Waals surface area (Å²) in [6, 6.07) is 25.3. The number of hydrogen-bond acceptors (Lipinski definition) is 14. The summed E-state index contributed by atoms with van der Waals surface area (Å²) in [5, 5.41) is 31.3. The number of hydrogen-bond donors (Lipinski definition) is 2. The molecular weight excluding hydrogens is 896 g/mol. The largest absolute Gasteiger partial charge is 0.494 e. The third-order valence-electron chi connectivity index (χ3n) is 11.6. The Bertz CT molecular complexity index is 3100. The number of anilines is 5. The first-order chi connectivity index (χ1) is 33.8. The number of fused-ring (bicyclic) bond motifs is 2. The van der Waals surface area contributed by atoms with Crippen LogP contribution < -0.4 is 25.0 Å². The summed E-state index contributed by atoms with van der Waals surface area (Å²) in [4.78, 5) is 44.1. The van der Waals surface area contributed by atoms with Gasteiger partial charge in [-0.3, -0.25) is 20.2 Å². The van der Waals surface area contributed by atoms with Crippen molar-refractivity contribution in [2.24, 2.45) is 14.1 Å². The number of halogens is 1. The fourth-order valence-corrected chi connectivity index (χ4v) is 8.24. The molecule has 70 heavy (non-hydrogen) atoms. The molecule has 0 radical (unpaired) electrons. The van der Waals surface area contributed by atoms with Crippen molar-refractivity contribution in [2.75, 3.05) is 56.9 Å². The molecule has 8 aromatic rings. The highest BCUT2D eigenvalue weighted by Crippen LogP contribution is 2.41. The normalized spacial score (nSPS) is 13.0. The summed E-state index contributed by atoms with van der Waals surface area (Å²) >= 11 is 0. The summed E-state index contributed by atoms with van der Waals surface area (Å²) in [6.07, 6.45) is 9.31. The van der Waals surface area contributed by atoms with Crippen LogP contribution in [0.4, 0.5) is 44.7 Å². The summed E-state index contributed by atoms with van der Waals surface area (Å²) in [5.41, 5.74) is 6.04. The van der Waals surface area contributed by atoms with Crippen LogP contribution in [0, 0.1) is 26.0 Å². The third kappa shape index (κ3) is 11.2. The van der Waals surface area contributed by atoms with Crippen LogP contribution in [0.3, 0.4) is 0 Å². The van der Waals surface area contributed by atoms with E-state index >= 15 is 0 Å². The summed E-state index contributed by atoms with van der Waals surface area (Å²) < 4.78 is 28.7. The number of nitro benzene ring substituents is 2. The Balaban J connectivity index is 0.000000220. The fraction of sp³-hybridized carbons (Fsp3) is 0.294. The second kappa shape index (κ2) is 23.2. The number of likely N-dealkylation sites (N-methyl/N-ethyl adjacent to an activating group) is 1. The second-order valence-electron chi connectivity index (χ2n) is 15.9. The predicted octanol–water partition coefficient (Wildman–Crippen LogP) is 11.3. The zero-order valence-electron chi connectivity index (χ0n) is 41.1. The Kier molecular flexibility index (Phi) is 17.0. The van der Waals surface area contributed by atoms with Crippen LogP contribution >= 0.6 is 0 Å². The summed E-state index contributed by atoms with van der Waals surface area (Å²) in [7, 11) is 10.9. The molecule has 19 heteroatoms. The van der Waals surface area contributed by atoms with Crippen LogP contribution in [0.1, 0.15) is 40.5 Å². The lowest BCUT2D eigenvalue weighted by atomic mass is 10.0. The maximum atomic E-state index is 13.9. The molecule has 0 spiro atoms. The number of rotatable bonds is 12. The Labute approximate surface area is 406 Å². The molecule has 9 rings (SSSR count). The average molecular weight is 955 g/mol. The maximum Gasteiger partial charge on any atom is 0.307 e. The van der Waals surface area contributed by atoms with Gasteiger partial charge in [0.2, 0.25) is 17.7 Å². The van der Waals surface area contributed by atoms with Gasteiger partial charge in [-0.1, -0.05) is 64.1 Å². The van der Waals surface area contributed by atoms with Gasteiger partial charge in [0.1, 0.15) is 17.2 Å². The number of nitrogens with one attached hydrogen (secondary N) is 2. The number of aromatic nitrogens is 6. The van der Waals surface area contributed by atoms with Gasteiger partial charge >= 0.3 is 5.69 Å². The van der Waals surface area contributed by atoms with E-state index in [0.717, 1.165) is 76.7 Å². The van der Waals surface area contributed by atoms with E-state index in [4.69, 9.17) is 14.5 Å². The van der Waals surface area contributed by atoms with Crippen LogP contribution in [-0.2, 0) is 14.1 Å². The molecule has 0 amide bonds. The molecule has 366 valence electrons. The van der Waals surface area contributed by atoms with Gasteiger partial charge < -0.3 is 39.0 Å². The van der Waals surface area contributed by atoms with Crippen LogP contribution in [-0.4, -0.2) is 91.3 Å². The van der Waals surface area contributed by atoms with Crippen LogP contribution in [0.5, 0.6) is 11.5 Å². The molecule has 1 fully saturated rings. The standard InChI is InChI=1S/C27H31N7O3.C20H16FN5O3.2C2H6/c1-31(2)18-8-7-13-33(16-18)24-15-26(37-4)22(14-25(24)34(35)36)30-27-28-12-11-21(29-27)20-17-32(3)23-10-6-5-9-19(20)23;1-25-11-13(12-5-3-4-6-17(12)25)15-7-8-22-20(23-15)24-16-10-18(26(27)28)14(21)9-19(16)29-2;2*1-2/h5-6,9-12,14-15,17-18H,7-8,13,16H2,1-4H3,(H,28,29,30);3-11H,1-2H3,(H,22,23,24);2*1-2H3. The van der Waals surface area contributed by atoms with Gasteiger partial charge in [0, 0.05) is 115 Å². The van der Waals surface area contributed by atoms with Crippen LogP contribution in [0.2, 0.25) is 0 Å². The molecule has 4 aromatic heterocycles. The van der Waals surface area contributed by atoms with E-state index in [-0.39, 0.29) is 28.0 Å². The molecule has 1 saturated heterocycles. The minimum absolute atomic E-state index is 0.0212. The van der Waals surface area contributed by atoms with E-state index in [1.807, 2.05) is 115 Å². The van der Waals surface area contributed by atoms with E-state index in [1.54, 1.807) is 31.6 Å². The Morgan fingerprint density at radius 2 is 1.17 bits per heavy atom. The summed E-state index contributed by atoms with van der Waals surface area (Å²) in [5.74, 6) is 0.146. The minimum Gasteiger partial charge on any atom is -0.494 e. The highest BCUT2D eigenvalue weighted by atomic mass is 19.1. The molecule has 4 aromatic carbocycles. The monoisotopic (exact) mass is 954 g/mol. The number of ether oxygens (including phenoxy) is 2. The highest BCUT2D eigenvalue weighted by molar-refractivity contribution is 5.96. The van der Waals surface area contributed by atoms with Crippen molar-refractivity contribution in [3.05, 3.63) is 136 Å². The first kappa shape index (κ1) is 51.2. The number of nitrogens with zero attached hydrogens (tertiary/aromatic N) is 10.